The second kappa shape index (κ2) is 9.06. The van der Waals surface area contributed by atoms with Crippen LogP contribution in [0.15, 0.2) is 58.5 Å². The summed E-state index contributed by atoms with van der Waals surface area (Å²) in [7, 11) is 1.56. The summed E-state index contributed by atoms with van der Waals surface area (Å²) in [6, 6.07) is 16.8. The third-order valence-electron chi connectivity index (χ3n) is 5.12. The molecular formula is C23H20N4O3S. The smallest absolute Gasteiger partial charge is 0.270 e. The summed E-state index contributed by atoms with van der Waals surface area (Å²) >= 11 is 1.15. The molecule has 0 atom stereocenters. The summed E-state index contributed by atoms with van der Waals surface area (Å²) in [5, 5.41) is 9.73. The molecule has 1 amide bonds. The highest BCUT2D eigenvalue weighted by Crippen LogP contribution is 2.28. The quantitative estimate of drug-likeness (QED) is 0.490. The number of amides is 1. The number of carbonyl (C=O) groups excluding carboxylic acids is 1. The van der Waals surface area contributed by atoms with Gasteiger partial charge in [-0.3, -0.25) is 9.59 Å². The Morgan fingerprint density at radius 2 is 2.03 bits per heavy atom. The van der Waals surface area contributed by atoms with Crippen LogP contribution in [0.5, 0.6) is 5.75 Å². The Balaban J connectivity index is 1.57. The molecule has 0 aliphatic carbocycles. The number of anilines is 1. The lowest BCUT2D eigenvalue weighted by molar-refractivity contribution is -0.116. The van der Waals surface area contributed by atoms with Gasteiger partial charge < -0.3 is 14.6 Å². The molecule has 2 heterocycles. The number of para-hydroxylation sites is 1. The molecule has 0 radical (unpaired) electrons. The van der Waals surface area contributed by atoms with Gasteiger partial charge in [-0.1, -0.05) is 30.0 Å². The van der Waals surface area contributed by atoms with Gasteiger partial charge in [0.15, 0.2) is 5.16 Å². The average Bonchev–Trinajstić information content (AvgIpc) is 2.82. The van der Waals surface area contributed by atoms with E-state index in [0.717, 1.165) is 30.3 Å². The van der Waals surface area contributed by atoms with Gasteiger partial charge in [0.2, 0.25) is 5.91 Å². The van der Waals surface area contributed by atoms with Gasteiger partial charge in [-0.2, -0.15) is 5.26 Å². The van der Waals surface area contributed by atoms with Crippen molar-refractivity contribution in [3.05, 3.63) is 70.0 Å². The van der Waals surface area contributed by atoms with Crippen LogP contribution < -0.4 is 15.2 Å². The zero-order valence-electron chi connectivity index (χ0n) is 16.9. The second-order valence-electron chi connectivity index (χ2n) is 7.00. The van der Waals surface area contributed by atoms with E-state index in [9.17, 15) is 14.9 Å². The monoisotopic (exact) mass is 432 g/mol. The molecule has 0 saturated carbocycles. The normalized spacial score (nSPS) is 12.7. The number of H-pyrrole nitrogens is 1. The van der Waals surface area contributed by atoms with Crippen LogP contribution in [0.4, 0.5) is 5.69 Å². The summed E-state index contributed by atoms with van der Waals surface area (Å²) in [4.78, 5) is 34.2. The lowest BCUT2D eigenvalue weighted by Crippen LogP contribution is -2.36. The van der Waals surface area contributed by atoms with E-state index >= 15 is 0 Å². The van der Waals surface area contributed by atoms with Crippen LogP contribution in [0, 0.1) is 11.3 Å². The van der Waals surface area contributed by atoms with E-state index in [2.05, 4.69) is 9.97 Å². The highest BCUT2D eigenvalue weighted by Gasteiger charge is 2.23. The van der Waals surface area contributed by atoms with Gasteiger partial charge in [-0.05, 0) is 48.7 Å². The van der Waals surface area contributed by atoms with Crippen LogP contribution >= 0.6 is 11.8 Å². The van der Waals surface area contributed by atoms with E-state index in [4.69, 9.17) is 4.74 Å². The number of nitrogens with one attached hydrogen (secondary N) is 1. The fourth-order valence-corrected chi connectivity index (χ4v) is 4.32. The number of fused-ring (bicyclic) bond motifs is 1. The first-order valence-corrected chi connectivity index (χ1v) is 10.8. The highest BCUT2D eigenvalue weighted by atomic mass is 32.2. The molecule has 0 unspecified atom stereocenters. The molecule has 1 aliphatic rings. The topological polar surface area (TPSA) is 99.1 Å². The molecule has 1 N–H and O–H groups in total. The number of nitriles is 1. The van der Waals surface area contributed by atoms with E-state index in [-0.39, 0.29) is 22.9 Å². The Bertz CT molecular complexity index is 1210. The maximum atomic E-state index is 12.9. The van der Waals surface area contributed by atoms with E-state index in [1.54, 1.807) is 36.3 Å². The SMILES string of the molecule is COc1ccc(-c2nc(SCC(=O)N3CCCc4ccccc43)[nH]c(=O)c2C#N)cc1. The number of aromatic amines is 1. The van der Waals surface area contributed by atoms with Crippen molar-refractivity contribution in [2.45, 2.75) is 18.0 Å². The van der Waals surface area contributed by atoms with Gasteiger partial charge >= 0.3 is 0 Å². The summed E-state index contributed by atoms with van der Waals surface area (Å²) in [5.74, 6) is 0.745. The molecule has 0 bridgehead atoms. The van der Waals surface area contributed by atoms with Crippen molar-refractivity contribution in [3.63, 3.8) is 0 Å². The number of methoxy groups -OCH3 is 1. The molecule has 7 nitrogen and oxygen atoms in total. The van der Waals surface area contributed by atoms with Crippen molar-refractivity contribution in [2.75, 3.05) is 24.3 Å². The second-order valence-corrected chi connectivity index (χ2v) is 7.97. The van der Waals surface area contributed by atoms with Crippen molar-refractivity contribution < 1.29 is 9.53 Å². The number of carbonyl (C=O) groups is 1. The van der Waals surface area contributed by atoms with Crippen LogP contribution in [0.1, 0.15) is 17.5 Å². The Kier molecular flexibility index (Phi) is 6.05. The van der Waals surface area contributed by atoms with Crippen LogP contribution in [-0.2, 0) is 11.2 Å². The van der Waals surface area contributed by atoms with Gasteiger partial charge in [0.1, 0.15) is 17.4 Å². The largest absolute Gasteiger partial charge is 0.497 e. The Hall–Kier alpha value is -3.57. The molecule has 2 aromatic carbocycles. The van der Waals surface area contributed by atoms with E-state index in [1.807, 2.05) is 30.3 Å². The van der Waals surface area contributed by atoms with Crippen molar-refractivity contribution in [1.29, 1.82) is 5.26 Å². The molecule has 31 heavy (non-hydrogen) atoms. The summed E-state index contributed by atoms with van der Waals surface area (Å²) in [6.45, 7) is 0.671. The van der Waals surface area contributed by atoms with Gasteiger partial charge in [0.25, 0.3) is 5.56 Å². The molecule has 8 heteroatoms. The third-order valence-corrected chi connectivity index (χ3v) is 5.97. The van der Waals surface area contributed by atoms with E-state index in [1.165, 1.54) is 5.56 Å². The molecule has 4 rings (SSSR count). The summed E-state index contributed by atoms with van der Waals surface area (Å²) in [6.07, 6.45) is 1.88. The number of benzene rings is 2. The highest BCUT2D eigenvalue weighted by molar-refractivity contribution is 7.99. The minimum Gasteiger partial charge on any atom is -0.497 e. The molecule has 1 aliphatic heterocycles. The zero-order chi connectivity index (χ0) is 21.8. The fraction of sp³-hybridized carbons (Fsp3) is 0.217. The number of aryl methyl sites for hydroxylation is 1. The van der Waals surface area contributed by atoms with Gasteiger partial charge in [-0.15, -0.1) is 0 Å². The van der Waals surface area contributed by atoms with Gasteiger partial charge in [0.05, 0.1) is 18.6 Å². The first-order valence-electron chi connectivity index (χ1n) is 9.80. The van der Waals surface area contributed by atoms with Crippen LogP contribution in [0.2, 0.25) is 0 Å². The molecule has 3 aromatic rings. The van der Waals surface area contributed by atoms with Gasteiger partial charge in [-0.25, -0.2) is 4.98 Å². The molecule has 0 saturated heterocycles. The first-order chi connectivity index (χ1) is 15.1. The summed E-state index contributed by atoms with van der Waals surface area (Å²) < 4.78 is 5.16. The molecule has 1 aromatic heterocycles. The average molecular weight is 433 g/mol. The molecule has 0 spiro atoms. The van der Waals surface area contributed by atoms with Crippen molar-refractivity contribution in [3.8, 4) is 23.1 Å². The van der Waals surface area contributed by atoms with Crippen molar-refractivity contribution >= 4 is 23.4 Å². The van der Waals surface area contributed by atoms with Crippen LogP contribution in [-0.4, -0.2) is 35.3 Å². The number of hydrogen-bond donors (Lipinski definition) is 1. The Morgan fingerprint density at radius 3 is 2.77 bits per heavy atom. The van der Waals surface area contributed by atoms with Gasteiger partial charge in [0, 0.05) is 17.8 Å². The summed E-state index contributed by atoms with van der Waals surface area (Å²) in [5.41, 5.74) is 2.43. The zero-order valence-corrected chi connectivity index (χ0v) is 17.7. The number of nitrogens with zero attached hydrogens (tertiary/aromatic N) is 3. The minimum atomic E-state index is -0.526. The predicted molar refractivity (Wildman–Crippen MR) is 119 cm³/mol. The maximum Gasteiger partial charge on any atom is 0.270 e. The lowest BCUT2D eigenvalue weighted by Gasteiger charge is -2.29. The number of aromatic nitrogens is 2. The first kappa shape index (κ1) is 20.7. The van der Waals surface area contributed by atoms with Crippen molar-refractivity contribution in [2.24, 2.45) is 0 Å². The van der Waals surface area contributed by atoms with E-state index < -0.39 is 5.56 Å². The Labute approximate surface area is 183 Å². The molecular weight excluding hydrogens is 412 g/mol. The number of hydrogen-bond acceptors (Lipinski definition) is 6. The van der Waals surface area contributed by atoms with E-state index in [0.29, 0.717) is 23.0 Å². The molecule has 156 valence electrons. The standard InChI is InChI=1S/C23H20N4O3S/c1-30-17-10-8-16(9-11-17)21-18(13-24)22(29)26-23(25-21)31-14-20(28)27-12-4-6-15-5-2-3-7-19(15)27/h2-3,5,7-11H,4,6,12,14H2,1H3,(H,25,26,29). The van der Waals surface area contributed by atoms with Crippen LogP contribution in [0.3, 0.4) is 0 Å². The lowest BCUT2D eigenvalue weighted by atomic mass is 10.0. The maximum absolute atomic E-state index is 12.9. The minimum absolute atomic E-state index is 0.0462. The van der Waals surface area contributed by atoms with Crippen LogP contribution in [0.25, 0.3) is 11.3 Å². The number of thioether (sulfide) groups is 1. The molecule has 0 fully saturated rings. The predicted octanol–water partition coefficient (Wildman–Crippen LogP) is 3.39. The Morgan fingerprint density at radius 1 is 1.26 bits per heavy atom. The van der Waals surface area contributed by atoms with Crippen molar-refractivity contribution in [1.82, 2.24) is 9.97 Å². The number of rotatable bonds is 5. The fourth-order valence-electron chi connectivity index (χ4n) is 3.58. The third kappa shape index (κ3) is 4.32. The number of ether oxygens (including phenoxy) is 1.